The van der Waals surface area contributed by atoms with Gasteiger partial charge in [-0.15, -0.1) is 0 Å². The second-order valence-corrected chi connectivity index (χ2v) is 6.29. The summed E-state index contributed by atoms with van der Waals surface area (Å²) in [6.07, 6.45) is 2.01. The number of phenols is 1. The molecule has 1 unspecified atom stereocenters. The molecule has 110 valence electrons. The van der Waals surface area contributed by atoms with Crippen LogP contribution in [-0.4, -0.2) is 11.7 Å². The molecule has 1 aliphatic heterocycles. The molecule has 0 fully saturated rings. The Morgan fingerprint density at radius 2 is 2.10 bits per heavy atom. The molecule has 0 saturated carbocycles. The third kappa shape index (κ3) is 3.16. The van der Waals surface area contributed by atoms with Crippen LogP contribution in [0.5, 0.6) is 11.5 Å². The van der Waals surface area contributed by atoms with E-state index in [1.165, 1.54) is 0 Å². The van der Waals surface area contributed by atoms with Gasteiger partial charge in [0.1, 0.15) is 11.5 Å². The highest BCUT2D eigenvalue weighted by atomic mass is 79.9. The van der Waals surface area contributed by atoms with Crippen LogP contribution in [0, 0.1) is 6.92 Å². The second kappa shape index (κ2) is 5.98. The largest absolute Gasteiger partial charge is 0.508 e. The number of ether oxygens (including phenoxy) is 1. The molecule has 2 N–H and O–H groups in total. The van der Waals surface area contributed by atoms with Gasteiger partial charge < -0.3 is 15.2 Å². The van der Waals surface area contributed by atoms with E-state index in [1.807, 2.05) is 31.2 Å². The topological polar surface area (TPSA) is 41.5 Å². The SMILES string of the molecule is Cc1ccc(NC2CCCOc3cc(Br)ccc32)cc1O. The molecule has 1 heterocycles. The summed E-state index contributed by atoms with van der Waals surface area (Å²) in [5.41, 5.74) is 2.98. The van der Waals surface area contributed by atoms with Crippen molar-refractivity contribution in [2.45, 2.75) is 25.8 Å². The van der Waals surface area contributed by atoms with Crippen molar-refractivity contribution in [3.63, 3.8) is 0 Å². The minimum Gasteiger partial charge on any atom is -0.508 e. The zero-order valence-corrected chi connectivity index (χ0v) is 13.5. The van der Waals surface area contributed by atoms with E-state index in [2.05, 4.69) is 27.3 Å². The van der Waals surface area contributed by atoms with E-state index >= 15 is 0 Å². The average Bonchev–Trinajstić information content (AvgIpc) is 2.65. The molecule has 0 aliphatic carbocycles. The number of rotatable bonds is 2. The van der Waals surface area contributed by atoms with Crippen molar-refractivity contribution in [1.29, 1.82) is 0 Å². The number of hydrogen-bond donors (Lipinski definition) is 2. The van der Waals surface area contributed by atoms with E-state index in [0.717, 1.165) is 46.5 Å². The lowest BCUT2D eigenvalue weighted by molar-refractivity contribution is 0.316. The minimum absolute atomic E-state index is 0.192. The molecule has 3 nitrogen and oxygen atoms in total. The first-order chi connectivity index (χ1) is 10.1. The molecule has 3 rings (SSSR count). The molecular formula is C17H18BrNO2. The van der Waals surface area contributed by atoms with Crippen molar-refractivity contribution in [3.8, 4) is 11.5 Å². The van der Waals surface area contributed by atoms with E-state index in [-0.39, 0.29) is 6.04 Å². The van der Waals surface area contributed by atoms with Crippen LogP contribution in [0.4, 0.5) is 5.69 Å². The molecule has 1 aliphatic rings. The van der Waals surface area contributed by atoms with Crippen LogP contribution in [0.1, 0.15) is 30.0 Å². The molecule has 0 aromatic heterocycles. The van der Waals surface area contributed by atoms with Crippen LogP contribution in [0.3, 0.4) is 0 Å². The second-order valence-electron chi connectivity index (χ2n) is 5.37. The Morgan fingerprint density at radius 1 is 1.24 bits per heavy atom. The Hall–Kier alpha value is -1.68. The van der Waals surface area contributed by atoms with E-state index < -0.39 is 0 Å². The summed E-state index contributed by atoms with van der Waals surface area (Å²) in [5.74, 6) is 1.25. The van der Waals surface area contributed by atoms with Gasteiger partial charge in [-0.3, -0.25) is 0 Å². The fourth-order valence-electron chi connectivity index (χ4n) is 2.60. The molecule has 1 atom stereocenters. The molecule has 0 amide bonds. The Bertz CT molecular complexity index is 657. The normalized spacial score (nSPS) is 17.5. The first-order valence-corrected chi connectivity index (χ1v) is 7.91. The summed E-state index contributed by atoms with van der Waals surface area (Å²) >= 11 is 3.49. The third-order valence-electron chi connectivity index (χ3n) is 3.80. The van der Waals surface area contributed by atoms with Gasteiger partial charge in [-0.25, -0.2) is 0 Å². The van der Waals surface area contributed by atoms with Gasteiger partial charge in [-0.2, -0.15) is 0 Å². The Morgan fingerprint density at radius 3 is 2.90 bits per heavy atom. The summed E-state index contributed by atoms with van der Waals surface area (Å²) in [4.78, 5) is 0. The Labute approximate surface area is 133 Å². The van der Waals surface area contributed by atoms with Gasteiger partial charge in [0.05, 0.1) is 12.6 Å². The number of aryl methyl sites for hydroxylation is 1. The maximum absolute atomic E-state index is 9.85. The van der Waals surface area contributed by atoms with Crippen molar-refractivity contribution in [3.05, 3.63) is 52.0 Å². The molecule has 21 heavy (non-hydrogen) atoms. The van der Waals surface area contributed by atoms with E-state index in [1.54, 1.807) is 6.07 Å². The summed E-state index contributed by atoms with van der Waals surface area (Å²) in [6, 6.07) is 12.0. The van der Waals surface area contributed by atoms with E-state index in [4.69, 9.17) is 4.74 Å². The fourth-order valence-corrected chi connectivity index (χ4v) is 2.94. The Kier molecular flexibility index (Phi) is 4.06. The van der Waals surface area contributed by atoms with Crippen LogP contribution in [0.25, 0.3) is 0 Å². The summed E-state index contributed by atoms with van der Waals surface area (Å²) < 4.78 is 6.84. The molecule has 0 spiro atoms. The molecule has 2 aromatic rings. The van der Waals surface area contributed by atoms with Gasteiger partial charge in [-0.1, -0.05) is 28.1 Å². The number of benzene rings is 2. The predicted octanol–water partition coefficient (Wildman–Crippen LogP) is 4.79. The lowest BCUT2D eigenvalue weighted by atomic mass is 10.0. The van der Waals surface area contributed by atoms with Crippen LogP contribution < -0.4 is 10.1 Å². The summed E-state index contributed by atoms with van der Waals surface area (Å²) in [7, 11) is 0. The van der Waals surface area contributed by atoms with Gasteiger partial charge in [0.2, 0.25) is 0 Å². The van der Waals surface area contributed by atoms with Gasteiger partial charge >= 0.3 is 0 Å². The van der Waals surface area contributed by atoms with E-state index in [9.17, 15) is 5.11 Å². The highest BCUT2D eigenvalue weighted by Gasteiger charge is 2.20. The standard InChI is InChI=1S/C17H18BrNO2/c1-11-4-6-13(10-16(11)20)19-15-3-2-8-21-17-9-12(18)5-7-14(15)17/h4-7,9-10,15,19-20H,2-3,8H2,1H3. The maximum Gasteiger partial charge on any atom is 0.125 e. The maximum atomic E-state index is 9.85. The summed E-state index contributed by atoms with van der Waals surface area (Å²) in [5, 5.41) is 13.4. The molecule has 4 heteroatoms. The highest BCUT2D eigenvalue weighted by molar-refractivity contribution is 9.10. The number of phenolic OH excluding ortho intramolecular Hbond substituents is 1. The number of anilines is 1. The summed E-state index contributed by atoms with van der Waals surface area (Å²) in [6.45, 7) is 2.63. The van der Waals surface area contributed by atoms with Crippen molar-refractivity contribution in [2.24, 2.45) is 0 Å². The lowest BCUT2D eigenvalue weighted by Crippen LogP contribution is -2.10. The zero-order valence-electron chi connectivity index (χ0n) is 11.9. The van der Waals surface area contributed by atoms with Crippen LogP contribution >= 0.6 is 15.9 Å². The monoisotopic (exact) mass is 347 g/mol. The fraction of sp³-hybridized carbons (Fsp3) is 0.294. The first-order valence-electron chi connectivity index (χ1n) is 7.12. The quantitative estimate of drug-likeness (QED) is 0.820. The van der Waals surface area contributed by atoms with Gasteiger partial charge in [0.15, 0.2) is 0 Å². The molecular weight excluding hydrogens is 330 g/mol. The molecule has 2 aromatic carbocycles. The molecule has 0 saturated heterocycles. The van der Waals surface area contributed by atoms with Gasteiger partial charge in [0, 0.05) is 21.8 Å². The van der Waals surface area contributed by atoms with Crippen molar-refractivity contribution >= 4 is 21.6 Å². The van der Waals surface area contributed by atoms with Crippen molar-refractivity contribution in [1.82, 2.24) is 0 Å². The van der Waals surface area contributed by atoms with E-state index in [0.29, 0.717) is 5.75 Å². The predicted molar refractivity (Wildman–Crippen MR) is 88.1 cm³/mol. The highest BCUT2D eigenvalue weighted by Crippen LogP contribution is 2.36. The van der Waals surface area contributed by atoms with Crippen LogP contribution in [0.2, 0.25) is 0 Å². The molecule has 0 radical (unpaired) electrons. The van der Waals surface area contributed by atoms with Crippen LogP contribution in [-0.2, 0) is 0 Å². The number of aromatic hydroxyl groups is 1. The van der Waals surface area contributed by atoms with Crippen LogP contribution in [0.15, 0.2) is 40.9 Å². The zero-order chi connectivity index (χ0) is 14.8. The third-order valence-corrected chi connectivity index (χ3v) is 4.29. The Balaban J connectivity index is 1.90. The van der Waals surface area contributed by atoms with Crippen molar-refractivity contribution in [2.75, 3.05) is 11.9 Å². The number of fused-ring (bicyclic) bond motifs is 1. The number of nitrogens with one attached hydrogen (secondary N) is 1. The van der Waals surface area contributed by atoms with Crippen molar-refractivity contribution < 1.29 is 9.84 Å². The minimum atomic E-state index is 0.192. The average molecular weight is 348 g/mol. The van der Waals surface area contributed by atoms with Gasteiger partial charge in [0.25, 0.3) is 0 Å². The molecule has 0 bridgehead atoms. The lowest BCUT2D eigenvalue weighted by Gasteiger charge is -2.20. The first kappa shape index (κ1) is 14.3. The number of hydrogen-bond acceptors (Lipinski definition) is 3. The number of halogens is 1. The van der Waals surface area contributed by atoms with Gasteiger partial charge in [-0.05, 0) is 43.5 Å². The smallest absolute Gasteiger partial charge is 0.125 e.